The van der Waals surface area contributed by atoms with Gasteiger partial charge in [0.25, 0.3) is 0 Å². The van der Waals surface area contributed by atoms with Gasteiger partial charge in [0.15, 0.2) is 19.8 Å². The van der Waals surface area contributed by atoms with Crippen LogP contribution in [0.25, 0.3) is 0 Å². The van der Waals surface area contributed by atoms with Crippen LogP contribution in [0, 0.1) is 5.92 Å². The Morgan fingerprint density at radius 2 is 1.36 bits per heavy atom. The van der Waals surface area contributed by atoms with Crippen LogP contribution in [0.3, 0.4) is 0 Å². The van der Waals surface area contributed by atoms with Gasteiger partial charge in [0, 0.05) is 6.92 Å². The van der Waals surface area contributed by atoms with E-state index in [9.17, 15) is 31.9 Å². The smallest absolute Gasteiger partial charge is 0.344 e. The third kappa shape index (κ3) is 7.23. The lowest BCUT2D eigenvalue weighted by Gasteiger charge is -2.22. The maximum absolute atomic E-state index is 12.8. The van der Waals surface area contributed by atoms with Gasteiger partial charge in [-0.1, -0.05) is 13.8 Å². The molecule has 0 heterocycles. The maximum atomic E-state index is 12.8. The first kappa shape index (κ1) is 20.1. The average molecular weight is 332 g/mol. The Kier molecular flexibility index (Phi) is 7.27. The van der Waals surface area contributed by atoms with Gasteiger partial charge >= 0.3 is 29.8 Å². The van der Waals surface area contributed by atoms with Crippen LogP contribution in [0.1, 0.15) is 20.8 Å². The van der Waals surface area contributed by atoms with Crippen molar-refractivity contribution in [2.24, 2.45) is 5.92 Å². The number of halogens is 4. The third-order valence-corrected chi connectivity index (χ3v) is 2.21. The van der Waals surface area contributed by atoms with E-state index in [2.05, 4.69) is 14.2 Å². The summed E-state index contributed by atoms with van der Waals surface area (Å²) in [5.74, 6) is -12.6. The Labute approximate surface area is 123 Å². The van der Waals surface area contributed by atoms with Gasteiger partial charge in [-0.3, -0.25) is 4.79 Å². The maximum Gasteiger partial charge on any atom is 0.344 e. The molecule has 0 aromatic rings. The summed E-state index contributed by atoms with van der Waals surface area (Å²) >= 11 is 0. The Balaban J connectivity index is 4.05. The highest BCUT2D eigenvalue weighted by Crippen LogP contribution is 2.33. The van der Waals surface area contributed by atoms with E-state index in [0.717, 1.165) is 0 Å². The first-order chi connectivity index (χ1) is 9.86. The fourth-order valence-electron chi connectivity index (χ4n) is 0.817. The molecule has 10 heteroatoms. The lowest BCUT2D eigenvalue weighted by atomic mass is 10.2. The van der Waals surface area contributed by atoms with E-state index in [1.54, 1.807) is 0 Å². The van der Waals surface area contributed by atoms with Crippen molar-refractivity contribution in [3.05, 3.63) is 0 Å². The topological polar surface area (TPSA) is 78.9 Å². The summed E-state index contributed by atoms with van der Waals surface area (Å²) in [5.41, 5.74) is 0. The van der Waals surface area contributed by atoms with Crippen molar-refractivity contribution in [3.63, 3.8) is 0 Å². The van der Waals surface area contributed by atoms with Crippen molar-refractivity contribution >= 4 is 17.9 Å². The largest absolute Gasteiger partial charge is 0.456 e. The number of esters is 3. The van der Waals surface area contributed by atoms with Gasteiger partial charge in [0.1, 0.15) is 0 Å². The summed E-state index contributed by atoms with van der Waals surface area (Å²) in [6.45, 7) is -0.667. The molecule has 0 aliphatic carbocycles. The van der Waals surface area contributed by atoms with Crippen molar-refractivity contribution in [2.45, 2.75) is 32.6 Å². The first-order valence-electron chi connectivity index (χ1n) is 6.10. The highest BCUT2D eigenvalue weighted by Gasteiger charge is 2.53. The Morgan fingerprint density at radius 1 is 0.909 bits per heavy atom. The summed E-state index contributed by atoms with van der Waals surface area (Å²) in [4.78, 5) is 33.1. The summed E-state index contributed by atoms with van der Waals surface area (Å²) in [5, 5.41) is 0. The molecule has 0 radical (unpaired) electrons. The van der Waals surface area contributed by atoms with Crippen LogP contribution in [-0.4, -0.2) is 49.6 Å². The molecular weight excluding hydrogens is 316 g/mol. The van der Waals surface area contributed by atoms with Gasteiger partial charge in [-0.15, -0.1) is 0 Å². The van der Waals surface area contributed by atoms with Crippen LogP contribution in [0.5, 0.6) is 0 Å². The molecule has 0 saturated heterocycles. The Morgan fingerprint density at radius 3 is 1.82 bits per heavy atom. The second kappa shape index (κ2) is 7.95. The highest BCUT2D eigenvalue weighted by molar-refractivity contribution is 5.79. The zero-order valence-corrected chi connectivity index (χ0v) is 12.2. The minimum atomic E-state index is -4.54. The minimum Gasteiger partial charge on any atom is -0.456 e. The van der Waals surface area contributed by atoms with Crippen LogP contribution in [0.15, 0.2) is 0 Å². The number of carbonyl (C=O) groups is 3. The van der Waals surface area contributed by atoms with Crippen LogP contribution in [-0.2, 0) is 28.6 Å². The Bertz CT molecular complexity index is 416. The van der Waals surface area contributed by atoms with Gasteiger partial charge in [0.05, 0.1) is 5.92 Å². The van der Waals surface area contributed by atoms with Crippen molar-refractivity contribution in [3.8, 4) is 0 Å². The zero-order chi connectivity index (χ0) is 17.6. The molecule has 0 fully saturated rings. The van der Waals surface area contributed by atoms with Crippen molar-refractivity contribution < 1.29 is 46.2 Å². The summed E-state index contributed by atoms with van der Waals surface area (Å²) in [6, 6.07) is 0. The molecule has 0 spiro atoms. The lowest BCUT2D eigenvalue weighted by molar-refractivity contribution is -0.223. The molecule has 0 aromatic heterocycles. The predicted molar refractivity (Wildman–Crippen MR) is 63.3 cm³/mol. The molecule has 0 rings (SSSR count). The minimum absolute atomic E-state index is 0.0239. The fourth-order valence-corrected chi connectivity index (χ4v) is 0.817. The number of alkyl halides is 4. The van der Waals surface area contributed by atoms with Crippen LogP contribution < -0.4 is 0 Å². The standard InChI is InChI=1S/C12H16F4O6/c1-7(2)10(19)21-5-8(17)20-4-9(18)22-6-12(15,16)11(3,13)14/h7H,4-6H2,1-3H3. The summed E-state index contributed by atoms with van der Waals surface area (Å²) in [6.07, 6.45) is 0. The number of ether oxygens (including phenoxy) is 3. The molecule has 0 N–H and O–H groups in total. The second-order valence-corrected chi connectivity index (χ2v) is 4.68. The number of carbonyl (C=O) groups excluding carboxylic acids is 3. The van der Waals surface area contributed by atoms with E-state index >= 15 is 0 Å². The van der Waals surface area contributed by atoms with E-state index in [1.165, 1.54) is 13.8 Å². The summed E-state index contributed by atoms with van der Waals surface area (Å²) < 4.78 is 63.1. The van der Waals surface area contributed by atoms with Crippen LogP contribution in [0.4, 0.5) is 17.6 Å². The first-order valence-corrected chi connectivity index (χ1v) is 6.10. The molecule has 22 heavy (non-hydrogen) atoms. The molecule has 0 aliphatic heterocycles. The normalized spacial score (nSPS) is 12.0. The average Bonchev–Trinajstić information content (AvgIpc) is 2.38. The van der Waals surface area contributed by atoms with Gasteiger partial charge < -0.3 is 14.2 Å². The van der Waals surface area contributed by atoms with Gasteiger partial charge in [0.2, 0.25) is 0 Å². The summed E-state index contributed by atoms with van der Waals surface area (Å²) in [7, 11) is 0. The lowest BCUT2D eigenvalue weighted by Crippen LogP contribution is -2.42. The van der Waals surface area contributed by atoms with E-state index < -0.39 is 55.5 Å². The molecule has 0 aliphatic rings. The highest BCUT2D eigenvalue weighted by atomic mass is 19.3. The van der Waals surface area contributed by atoms with Gasteiger partial charge in [-0.05, 0) is 0 Å². The monoisotopic (exact) mass is 332 g/mol. The molecule has 6 nitrogen and oxygen atoms in total. The molecule has 0 bridgehead atoms. The quantitative estimate of drug-likeness (QED) is 0.381. The molecule has 0 saturated carbocycles. The van der Waals surface area contributed by atoms with Crippen LogP contribution in [0.2, 0.25) is 0 Å². The molecular formula is C12H16F4O6. The fraction of sp³-hybridized carbons (Fsp3) is 0.750. The van der Waals surface area contributed by atoms with E-state index in [4.69, 9.17) is 0 Å². The molecule has 0 atom stereocenters. The third-order valence-electron chi connectivity index (χ3n) is 2.21. The van der Waals surface area contributed by atoms with Crippen molar-refractivity contribution in [1.29, 1.82) is 0 Å². The predicted octanol–water partition coefficient (Wildman–Crippen LogP) is 1.56. The van der Waals surface area contributed by atoms with Crippen LogP contribution >= 0.6 is 0 Å². The SMILES string of the molecule is CC(C)C(=O)OCC(=O)OCC(=O)OCC(F)(F)C(C)(F)F. The van der Waals surface area contributed by atoms with E-state index in [0.29, 0.717) is 0 Å². The van der Waals surface area contributed by atoms with Gasteiger partial charge in [-0.25, -0.2) is 18.4 Å². The van der Waals surface area contributed by atoms with E-state index in [1.807, 2.05) is 0 Å². The number of rotatable bonds is 8. The second-order valence-electron chi connectivity index (χ2n) is 4.68. The zero-order valence-electron chi connectivity index (χ0n) is 12.2. The molecule has 128 valence electrons. The van der Waals surface area contributed by atoms with E-state index in [-0.39, 0.29) is 6.92 Å². The number of hydrogen-bond acceptors (Lipinski definition) is 6. The number of hydrogen-bond donors (Lipinski definition) is 0. The molecule has 0 unspecified atom stereocenters. The molecule has 0 aromatic carbocycles. The van der Waals surface area contributed by atoms with Crippen molar-refractivity contribution in [1.82, 2.24) is 0 Å². The van der Waals surface area contributed by atoms with Gasteiger partial charge in [-0.2, -0.15) is 8.78 Å². The molecule has 0 amide bonds. The van der Waals surface area contributed by atoms with Crippen molar-refractivity contribution in [2.75, 3.05) is 19.8 Å². The Hall–Kier alpha value is -1.87.